The van der Waals surface area contributed by atoms with E-state index in [1.807, 2.05) is 26.1 Å². The summed E-state index contributed by atoms with van der Waals surface area (Å²) in [6, 6.07) is 2.02. The van der Waals surface area contributed by atoms with Gasteiger partial charge < -0.3 is 4.48 Å². The van der Waals surface area contributed by atoms with Crippen molar-refractivity contribution in [2.45, 2.75) is 20.3 Å². The van der Waals surface area contributed by atoms with Gasteiger partial charge in [-0.25, -0.2) is 0 Å². The first kappa shape index (κ1) is 9.91. The molecule has 0 atom stereocenters. The highest BCUT2D eigenvalue weighted by Crippen LogP contribution is 2.16. The van der Waals surface area contributed by atoms with Gasteiger partial charge in [0.1, 0.15) is 0 Å². The van der Waals surface area contributed by atoms with Gasteiger partial charge in [0.05, 0.1) is 0 Å². The maximum Gasteiger partial charge on any atom is 0.234 e. The van der Waals surface area contributed by atoms with E-state index >= 15 is 0 Å². The van der Waals surface area contributed by atoms with E-state index in [-0.39, 0.29) is 0 Å². The van der Waals surface area contributed by atoms with Crippen molar-refractivity contribution < 1.29 is 0 Å². The molecule has 0 saturated heterocycles. The lowest BCUT2D eigenvalue weighted by Gasteiger charge is -1.96. The van der Waals surface area contributed by atoms with Gasteiger partial charge in [0.25, 0.3) is 0 Å². The van der Waals surface area contributed by atoms with E-state index in [0.717, 1.165) is 12.1 Å². The molecular weight excluding hydrogens is 157 g/mol. The number of hydrogen-bond acceptors (Lipinski definition) is 0. The van der Waals surface area contributed by atoms with Crippen molar-refractivity contribution >= 4 is 20.1 Å². The van der Waals surface area contributed by atoms with Crippen LogP contribution >= 0.6 is 0 Å². The summed E-state index contributed by atoms with van der Waals surface area (Å²) in [5.41, 5.74) is 2.28. The predicted molar refractivity (Wildman–Crippen MR) is 59.6 cm³/mol. The Hall–Kier alpha value is -1.18. The monoisotopic (exact) mass is 171 g/mol. The molecule has 0 N–H and O–H groups in total. The van der Waals surface area contributed by atoms with E-state index in [9.17, 15) is 0 Å². The lowest BCUT2D eigenvalue weighted by atomic mass is 10.2. The molecule has 0 aromatic carbocycles. The molecule has 1 aliphatic rings. The average molecular weight is 171 g/mol. The maximum atomic E-state index is 5.66. The lowest BCUT2D eigenvalue weighted by Crippen LogP contribution is -1.91. The van der Waals surface area contributed by atoms with Crippen molar-refractivity contribution in [3.8, 4) is 0 Å². The normalized spacial score (nSPS) is 12.8. The average Bonchev–Trinajstić information content (AvgIpc) is 2.44. The smallest absolute Gasteiger partial charge is 0.234 e. The fourth-order valence-corrected chi connectivity index (χ4v) is 1.25. The minimum atomic E-state index is 0.995. The third-order valence-electron chi connectivity index (χ3n) is 1.83. The van der Waals surface area contributed by atoms with Crippen molar-refractivity contribution in [1.29, 1.82) is 0 Å². The maximum absolute atomic E-state index is 5.66. The fraction of sp³-hybridized carbons (Fsp3) is 0.273. The first-order valence-electron chi connectivity index (χ1n) is 4.67. The number of hydrogen-bond donors (Lipinski definition) is 0. The number of allylic oxidation sites excluding steroid dienone is 2. The number of nitrogens with zero attached hydrogens (tertiary/aromatic N) is 1. The summed E-state index contributed by atoms with van der Waals surface area (Å²) >= 11 is 0. The van der Waals surface area contributed by atoms with Crippen molar-refractivity contribution in [1.82, 2.24) is 4.48 Å². The summed E-state index contributed by atoms with van der Waals surface area (Å²) in [6.45, 7) is 4.00. The Morgan fingerprint density at radius 3 is 2.69 bits per heavy atom. The van der Waals surface area contributed by atoms with E-state index in [2.05, 4.69) is 24.3 Å². The molecule has 0 aliphatic heterocycles. The Bertz CT molecular complexity index is 321. The molecule has 1 aromatic heterocycles. The molecule has 2 radical (unpaired) electrons. The van der Waals surface area contributed by atoms with Gasteiger partial charge in [0, 0.05) is 5.69 Å². The van der Waals surface area contributed by atoms with Crippen molar-refractivity contribution in [3.63, 3.8) is 0 Å². The van der Waals surface area contributed by atoms with Crippen LogP contribution in [0.2, 0.25) is 0 Å². The fourth-order valence-electron chi connectivity index (χ4n) is 1.25. The summed E-state index contributed by atoms with van der Waals surface area (Å²) in [5.74, 6) is 0. The van der Waals surface area contributed by atoms with Crippen molar-refractivity contribution in [3.05, 3.63) is 35.7 Å². The zero-order chi connectivity index (χ0) is 9.68. The van der Waals surface area contributed by atoms with Gasteiger partial charge in [-0.15, -0.1) is 0 Å². The van der Waals surface area contributed by atoms with Gasteiger partial charge in [-0.2, -0.15) is 0 Å². The third-order valence-corrected chi connectivity index (χ3v) is 1.83. The first-order chi connectivity index (χ1) is 6.38. The number of fused-ring (bicyclic) bond motifs is 1. The quantitative estimate of drug-likeness (QED) is 0.529. The summed E-state index contributed by atoms with van der Waals surface area (Å²) in [5, 5.41) is 0. The standard InChI is InChI=1S/C9H8BN.C2H6/c10-11-7-6-8-4-2-1-3-5-9(8)11;1-2/h2-7H,1H2;1-2H3. The highest BCUT2D eigenvalue weighted by Gasteiger charge is 2.00. The van der Waals surface area contributed by atoms with Crippen LogP contribution in [0.15, 0.2) is 24.4 Å². The molecule has 66 valence electrons. The molecule has 1 heterocycles. The summed E-state index contributed by atoms with van der Waals surface area (Å²) in [7, 11) is 5.66. The van der Waals surface area contributed by atoms with Gasteiger partial charge >= 0.3 is 0 Å². The van der Waals surface area contributed by atoms with Gasteiger partial charge in [-0.05, 0) is 30.3 Å². The van der Waals surface area contributed by atoms with Gasteiger partial charge in [-0.1, -0.05) is 32.1 Å². The Morgan fingerprint density at radius 1 is 1.23 bits per heavy atom. The van der Waals surface area contributed by atoms with Crippen LogP contribution in [0.1, 0.15) is 31.5 Å². The molecule has 2 rings (SSSR count). The molecule has 1 aliphatic carbocycles. The minimum Gasteiger partial charge on any atom is -0.403 e. The van der Waals surface area contributed by atoms with E-state index in [1.54, 1.807) is 4.48 Å². The van der Waals surface area contributed by atoms with Crippen molar-refractivity contribution in [2.75, 3.05) is 0 Å². The van der Waals surface area contributed by atoms with Crippen LogP contribution in [0.3, 0.4) is 0 Å². The Kier molecular flexibility index (Phi) is 3.62. The molecule has 0 bridgehead atoms. The highest BCUT2D eigenvalue weighted by atomic mass is 14.8. The Labute approximate surface area is 81.2 Å². The molecule has 0 saturated carbocycles. The minimum absolute atomic E-state index is 0.995. The van der Waals surface area contributed by atoms with E-state index in [4.69, 9.17) is 7.98 Å². The molecule has 0 spiro atoms. The molecule has 0 unspecified atom stereocenters. The summed E-state index contributed by atoms with van der Waals surface area (Å²) < 4.78 is 1.64. The zero-order valence-corrected chi connectivity index (χ0v) is 8.20. The second-order valence-electron chi connectivity index (χ2n) is 2.60. The van der Waals surface area contributed by atoms with E-state index < -0.39 is 0 Å². The molecule has 1 nitrogen and oxygen atoms in total. The topological polar surface area (TPSA) is 4.93 Å². The van der Waals surface area contributed by atoms with Crippen LogP contribution < -0.4 is 0 Å². The molecular formula is C11H14BN. The number of rotatable bonds is 0. The largest absolute Gasteiger partial charge is 0.403 e. The van der Waals surface area contributed by atoms with Crippen LogP contribution in [-0.4, -0.2) is 12.5 Å². The van der Waals surface area contributed by atoms with Gasteiger partial charge in [-0.3, -0.25) is 0 Å². The molecule has 0 fully saturated rings. The highest BCUT2D eigenvalue weighted by molar-refractivity contribution is 6.08. The molecule has 0 amide bonds. The summed E-state index contributed by atoms with van der Waals surface area (Å²) in [6.07, 6.45) is 11.2. The predicted octanol–water partition coefficient (Wildman–Crippen LogP) is 2.88. The van der Waals surface area contributed by atoms with E-state index in [0.29, 0.717) is 0 Å². The van der Waals surface area contributed by atoms with Crippen LogP contribution in [0, 0.1) is 0 Å². The second-order valence-corrected chi connectivity index (χ2v) is 2.60. The van der Waals surface area contributed by atoms with Crippen LogP contribution in [-0.2, 0) is 0 Å². The van der Waals surface area contributed by atoms with E-state index in [1.165, 1.54) is 5.56 Å². The van der Waals surface area contributed by atoms with Crippen LogP contribution in [0.25, 0.3) is 12.2 Å². The second kappa shape index (κ2) is 4.75. The van der Waals surface area contributed by atoms with Crippen LogP contribution in [0.4, 0.5) is 0 Å². The summed E-state index contributed by atoms with van der Waals surface area (Å²) in [4.78, 5) is 0. The van der Waals surface area contributed by atoms with Crippen molar-refractivity contribution in [2.24, 2.45) is 0 Å². The van der Waals surface area contributed by atoms with Gasteiger partial charge in [0.15, 0.2) is 0 Å². The first-order valence-corrected chi connectivity index (χ1v) is 4.67. The zero-order valence-electron chi connectivity index (χ0n) is 8.20. The lowest BCUT2D eigenvalue weighted by molar-refractivity contribution is 1.23. The molecule has 1 aromatic rings. The number of aromatic nitrogens is 1. The molecule has 13 heavy (non-hydrogen) atoms. The van der Waals surface area contributed by atoms with Gasteiger partial charge in [0.2, 0.25) is 7.98 Å². The Morgan fingerprint density at radius 2 is 1.92 bits per heavy atom. The molecule has 2 heteroatoms. The third kappa shape index (κ3) is 2.14. The SMILES string of the molecule is CC.[B]n1ccc2c1C=CCC=C2. The Balaban J connectivity index is 0.000000396. The van der Waals surface area contributed by atoms with Crippen LogP contribution in [0.5, 0.6) is 0 Å².